The lowest BCUT2D eigenvalue weighted by molar-refractivity contribution is 0.199. The van der Waals surface area contributed by atoms with Gasteiger partial charge in [-0.2, -0.15) is 0 Å². The van der Waals surface area contributed by atoms with Gasteiger partial charge in [0.15, 0.2) is 5.01 Å². The molecule has 0 saturated carbocycles. The van der Waals surface area contributed by atoms with Crippen LogP contribution in [-0.4, -0.2) is 30.5 Å². The lowest BCUT2D eigenvalue weighted by atomic mass is 10.1. The van der Waals surface area contributed by atoms with Crippen molar-refractivity contribution in [3.05, 3.63) is 34.6 Å². The Morgan fingerprint density at radius 3 is 3.00 bits per heavy atom. The molecule has 1 heterocycles. The first-order valence-corrected chi connectivity index (χ1v) is 6.81. The molecule has 2 rings (SSSR count). The van der Waals surface area contributed by atoms with Gasteiger partial charge in [-0.25, -0.2) is 4.39 Å². The number of aryl methyl sites for hydroxylation is 1. The molecule has 0 amide bonds. The van der Waals surface area contributed by atoms with Crippen LogP contribution < -0.4 is 5.32 Å². The van der Waals surface area contributed by atoms with Crippen molar-refractivity contribution < 1.29 is 9.13 Å². The van der Waals surface area contributed by atoms with Crippen LogP contribution in [0.3, 0.4) is 0 Å². The van der Waals surface area contributed by atoms with Crippen LogP contribution in [0.2, 0.25) is 0 Å². The Morgan fingerprint density at radius 2 is 2.21 bits per heavy atom. The molecule has 1 aromatic carbocycles. The van der Waals surface area contributed by atoms with E-state index >= 15 is 0 Å². The molecule has 0 radical (unpaired) electrons. The van der Waals surface area contributed by atoms with E-state index in [0.29, 0.717) is 23.7 Å². The van der Waals surface area contributed by atoms with Crippen molar-refractivity contribution in [1.82, 2.24) is 15.5 Å². The van der Waals surface area contributed by atoms with Crippen LogP contribution in [-0.2, 0) is 11.3 Å². The minimum atomic E-state index is -0.263. The number of hydrogen-bond acceptors (Lipinski definition) is 5. The van der Waals surface area contributed by atoms with Crippen LogP contribution in [0.1, 0.15) is 10.6 Å². The number of ether oxygens (including phenoxy) is 1. The molecule has 0 aliphatic carbocycles. The molecule has 1 aromatic heterocycles. The molecule has 0 fully saturated rings. The Balaban J connectivity index is 2.06. The molecule has 19 heavy (non-hydrogen) atoms. The fourth-order valence-corrected chi connectivity index (χ4v) is 2.43. The van der Waals surface area contributed by atoms with Gasteiger partial charge in [0, 0.05) is 25.8 Å². The maximum atomic E-state index is 13.7. The molecule has 102 valence electrons. The summed E-state index contributed by atoms with van der Waals surface area (Å²) in [5.74, 6) is -0.263. The molecule has 4 nitrogen and oxygen atoms in total. The van der Waals surface area contributed by atoms with E-state index in [9.17, 15) is 4.39 Å². The SMILES string of the molecule is COCCNCc1nnc(-c2cc(C)ccc2F)s1. The predicted octanol–water partition coefficient (Wildman–Crippen LogP) is 2.39. The Bertz CT molecular complexity index is 544. The second kappa shape index (κ2) is 6.70. The van der Waals surface area contributed by atoms with Gasteiger partial charge in [0.05, 0.1) is 6.61 Å². The third kappa shape index (κ3) is 3.79. The summed E-state index contributed by atoms with van der Waals surface area (Å²) >= 11 is 1.40. The van der Waals surface area contributed by atoms with Crippen LogP contribution >= 0.6 is 11.3 Å². The third-order valence-corrected chi connectivity index (χ3v) is 3.53. The van der Waals surface area contributed by atoms with Gasteiger partial charge in [-0.15, -0.1) is 10.2 Å². The van der Waals surface area contributed by atoms with Crippen LogP contribution in [0.4, 0.5) is 4.39 Å². The van der Waals surface area contributed by atoms with Gasteiger partial charge in [-0.3, -0.25) is 0 Å². The lowest BCUT2D eigenvalue weighted by Crippen LogP contribution is -2.18. The minimum Gasteiger partial charge on any atom is -0.383 e. The summed E-state index contributed by atoms with van der Waals surface area (Å²) < 4.78 is 18.7. The zero-order valence-corrected chi connectivity index (χ0v) is 11.8. The van der Waals surface area contributed by atoms with E-state index in [1.807, 2.05) is 6.92 Å². The number of methoxy groups -OCH3 is 1. The monoisotopic (exact) mass is 281 g/mol. The molecule has 0 atom stereocenters. The molecule has 1 N–H and O–H groups in total. The van der Waals surface area contributed by atoms with E-state index in [2.05, 4.69) is 15.5 Å². The van der Waals surface area contributed by atoms with Crippen LogP contribution in [0.25, 0.3) is 10.6 Å². The number of aromatic nitrogens is 2. The maximum absolute atomic E-state index is 13.7. The van der Waals surface area contributed by atoms with Gasteiger partial charge in [0.2, 0.25) is 0 Å². The van der Waals surface area contributed by atoms with Crippen LogP contribution in [0, 0.1) is 12.7 Å². The summed E-state index contributed by atoms with van der Waals surface area (Å²) in [6.45, 7) is 3.95. The van der Waals surface area contributed by atoms with Crippen molar-refractivity contribution in [3.63, 3.8) is 0 Å². The highest BCUT2D eigenvalue weighted by atomic mass is 32.1. The van der Waals surface area contributed by atoms with Crippen molar-refractivity contribution in [2.24, 2.45) is 0 Å². The first-order chi connectivity index (χ1) is 9.20. The molecule has 0 aliphatic rings. The number of halogens is 1. The Kier molecular flexibility index (Phi) is 4.95. The van der Waals surface area contributed by atoms with Crippen molar-refractivity contribution in [1.29, 1.82) is 0 Å². The summed E-state index contributed by atoms with van der Waals surface area (Å²) in [6, 6.07) is 4.99. The number of nitrogens with zero attached hydrogens (tertiary/aromatic N) is 2. The molecule has 6 heteroatoms. The summed E-state index contributed by atoms with van der Waals surface area (Å²) in [4.78, 5) is 0. The molecule has 0 aliphatic heterocycles. The van der Waals surface area contributed by atoms with E-state index in [1.165, 1.54) is 17.4 Å². The van der Waals surface area contributed by atoms with Gasteiger partial charge in [-0.1, -0.05) is 23.0 Å². The number of rotatable bonds is 6. The maximum Gasteiger partial charge on any atom is 0.150 e. The Morgan fingerprint density at radius 1 is 1.37 bits per heavy atom. The predicted molar refractivity (Wildman–Crippen MR) is 73.6 cm³/mol. The molecule has 0 saturated heterocycles. The van der Waals surface area contributed by atoms with E-state index in [4.69, 9.17) is 4.74 Å². The summed E-state index contributed by atoms with van der Waals surface area (Å²) in [5, 5.41) is 12.7. The van der Waals surface area contributed by atoms with E-state index in [0.717, 1.165) is 17.1 Å². The van der Waals surface area contributed by atoms with Crippen LogP contribution in [0.15, 0.2) is 18.2 Å². The van der Waals surface area contributed by atoms with Crippen molar-refractivity contribution in [2.75, 3.05) is 20.3 Å². The van der Waals surface area contributed by atoms with Gasteiger partial charge < -0.3 is 10.1 Å². The van der Waals surface area contributed by atoms with Crippen molar-refractivity contribution in [3.8, 4) is 10.6 Å². The van der Waals surface area contributed by atoms with E-state index < -0.39 is 0 Å². The highest BCUT2D eigenvalue weighted by Crippen LogP contribution is 2.26. The standard InChI is InChI=1S/C13H16FN3OS/c1-9-3-4-11(14)10(7-9)13-17-16-12(19-13)8-15-5-6-18-2/h3-4,7,15H,5-6,8H2,1-2H3. The molecule has 0 unspecified atom stereocenters. The number of benzene rings is 1. The highest BCUT2D eigenvalue weighted by molar-refractivity contribution is 7.14. The fourth-order valence-electron chi connectivity index (χ4n) is 1.61. The first-order valence-electron chi connectivity index (χ1n) is 5.99. The number of hydrogen-bond donors (Lipinski definition) is 1. The molecular formula is C13H16FN3OS. The van der Waals surface area contributed by atoms with Crippen molar-refractivity contribution >= 4 is 11.3 Å². The summed E-state index contributed by atoms with van der Waals surface area (Å²) in [7, 11) is 1.66. The Hall–Kier alpha value is -1.37. The van der Waals surface area contributed by atoms with Gasteiger partial charge >= 0.3 is 0 Å². The fraction of sp³-hybridized carbons (Fsp3) is 0.385. The normalized spacial score (nSPS) is 10.9. The molecule has 0 spiro atoms. The average Bonchev–Trinajstić information content (AvgIpc) is 2.86. The topological polar surface area (TPSA) is 47.0 Å². The third-order valence-electron chi connectivity index (χ3n) is 2.58. The second-order valence-electron chi connectivity index (χ2n) is 4.15. The van der Waals surface area contributed by atoms with E-state index in [1.54, 1.807) is 19.2 Å². The second-order valence-corrected chi connectivity index (χ2v) is 5.22. The minimum absolute atomic E-state index is 0.263. The molecule has 2 aromatic rings. The summed E-state index contributed by atoms with van der Waals surface area (Å²) in [5.41, 5.74) is 1.52. The largest absolute Gasteiger partial charge is 0.383 e. The zero-order chi connectivity index (χ0) is 13.7. The smallest absolute Gasteiger partial charge is 0.150 e. The average molecular weight is 281 g/mol. The number of nitrogens with one attached hydrogen (secondary N) is 1. The van der Waals surface area contributed by atoms with Crippen LogP contribution in [0.5, 0.6) is 0 Å². The molecular weight excluding hydrogens is 265 g/mol. The lowest BCUT2D eigenvalue weighted by Gasteiger charge is -2.00. The van der Waals surface area contributed by atoms with Gasteiger partial charge in [0.25, 0.3) is 0 Å². The molecule has 0 bridgehead atoms. The quantitative estimate of drug-likeness (QED) is 0.826. The van der Waals surface area contributed by atoms with E-state index in [-0.39, 0.29) is 5.82 Å². The van der Waals surface area contributed by atoms with Crippen molar-refractivity contribution in [2.45, 2.75) is 13.5 Å². The first kappa shape index (κ1) is 14.0. The summed E-state index contributed by atoms with van der Waals surface area (Å²) in [6.07, 6.45) is 0. The Labute approximate surface area is 115 Å². The highest BCUT2D eigenvalue weighted by Gasteiger charge is 2.11. The van der Waals surface area contributed by atoms with Gasteiger partial charge in [-0.05, 0) is 19.1 Å². The van der Waals surface area contributed by atoms with Gasteiger partial charge in [0.1, 0.15) is 10.8 Å². The zero-order valence-electron chi connectivity index (χ0n) is 10.9.